The van der Waals surface area contributed by atoms with Gasteiger partial charge in [-0.15, -0.1) is 0 Å². The highest BCUT2D eigenvalue weighted by atomic mass is 35.5. The van der Waals surface area contributed by atoms with Gasteiger partial charge in [0.1, 0.15) is 12.7 Å². The molecule has 0 saturated heterocycles. The van der Waals surface area contributed by atoms with Gasteiger partial charge < -0.3 is 9.88 Å². The quantitative estimate of drug-likeness (QED) is 0.672. The number of aryl methyl sites for hydroxylation is 1. The molecule has 0 amide bonds. The molecule has 0 bridgehead atoms. The van der Waals surface area contributed by atoms with Gasteiger partial charge in [-0.25, -0.2) is 9.97 Å². The van der Waals surface area contributed by atoms with Crippen molar-refractivity contribution in [2.24, 2.45) is 0 Å². The molecule has 10 heteroatoms. The molecule has 0 radical (unpaired) electrons. The summed E-state index contributed by atoms with van der Waals surface area (Å²) < 4.78 is 3.42. The van der Waals surface area contributed by atoms with Crippen molar-refractivity contribution in [1.29, 1.82) is 0 Å². The van der Waals surface area contributed by atoms with Gasteiger partial charge in [0.05, 0.1) is 6.33 Å². The zero-order valence-corrected chi connectivity index (χ0v) is 11.7. The van der Waals surface area contributed by atoms with Crippen molar-refractivity contribution in [3.63, 3.8) is 0 Å². The topological polar surface area (TPSA) is 99.2 Å². The molecular weight excluding hydrogens is 294 g/mol. The van der Waals surface area contributed by atoms with Crippen molar-refractivity contribution in [2.75, 3.05) is 11.9 Å². The Morgan fingerprint density at radius 2 is 2.10 bits per heavy atom. The molecule has 0 saturated carbocycles. The Balaban J connectivity index is 1.60. The summed E-state index contributed by atoms with van der Waals surface area (Å²) in [6.07, 6.45) is 9.25. The smallest absolute Gasteiger partial charge is 0.258 e. The maximum Gasteiger partial charge on any atom is 0.258 e. The molecule has 0 atom stereocenters. The average Bonchev–Trinajstić information content (AvgIpc) is 3.16. The Morgan fingerprint density at radius 3 is 2.86 bits per heavy atom. The third kappa shape index (κ3) is 3.51. The zero-order chi connectivity index (χ0) is 14.5. The Labute approximate surface area is 125 Å². The molecule has 3 aromatic rings. The number of halogens is 1. The number of hydrogen-bond acceptors (Lipinski definition) is 7. The maximum absolute atomic E-state index is 5.88. The second-order valence-corrected chi connectivity index (χ2v) is 4.49. The van der Waals surface area contributed by atoms with Gasteiger partial charge in [0, 0.05) is 25.5 Å². The summed E-state index contributed by atoms with van der Waals surface area (Å²) in [4.78, 5) is 20.1. The molecule has 108 valence electrons. The highest BCUT2D eigenvalue weighted by Crippen LogP contribution is 2.08. The van der Waals surface area contributed by atoms with Gasteiger partial charge in [0.2, 0.25) is 11.2 Å². The lowest BCUT2D eigenvalue weighted by atomic mass is 10.4. The molecule has 3 aromatic heterocycles. The van der Waals surface area contributed by atoms with E-state index in [0.29, 0.717) is 18.4 Å². The highest BCUT2D eigenvalue weighted by Gasteiger charge is 2.07. The van der Waals surface area contributed by atoms with Crippen molar-refractivity contribution >= 4 is 17.5 Å². The number of nitrogens with zero attached hydrogens (tertiary/aromatic N) is 8. The summed E-state index contributed by atoms with van der Waals surface area (Å²) >= 11 is 5.88. The predicted octanol–water partition coefficient (Wildman–Crippen LogP) is 0.804. The van der Waals surface area contributed by atoms with E-state index in [2.05, 4.69) is 35.3 Å². The summed E-state index contributed by atoms with van der Waals surface area (Å²) in [6.45, 7) is 1.57. The number of imidazole rings is 1. The van der Waals surface area contributed by atoms with Gasteiger partial charge in [0.15, 0.2) is 0 Å². The number of rotatable bonds is 6. The first kappa shape index (κ1) is 13.4. The first-order valence-electron chi connectivity index (χ1n) is 6.27. The van der Waals surface area contributed by atoms with Crippen LogP contribution >= 0.6 is 11.6 Å². The molecule has 0 aliphatic heterocycles. The van der Waals surface area contributed by atoms with Crippen LogP contribution in [0.3, 0.4) is 0 Å². The van der Waals surface area contributed by atoms with E-state index in [-0.39, 0.29) is 5.28 Å². The van der Waals surface area contributed by atoms with Crippen LogP contribution in [0, 0.1) is 0 Å². The second-order valence-electron chi connectivity index (χ2n) is 4.15. The second kappa shape index (κ2) is 6.27. The number of nitrogens with one attached hydrogen (secondary N) is 1. The number of aromatic nitrogens is 8. The molecule has 0 unspecified atom stereocenters. The van der Waals surface area contributed by atoms with Crippen molar-refractivity contribution in [3.8, 4) is 5.95 Å². The third-order valence-electron chi connectivity index (χ3n) is 2.66. The van der Waals surface area contributed by atoms with E-state index in [9.17, 15) is 0 Å². The van der Waals surface area contributed by atoms with E-state index in [4.69, 9.17) is 11.6 Å². The van der Waals surface area contributed by atoms with Crippen molar-refractivity contribution < 1.29 is 0 Å². The fraction of sp³-hybridized carbons (Fsp3) is 0.273. The summed E-state index contributed by atoms with van der Waals surface area (Å²) in [5, 5.41) is 7.17. The van der Waals surface area contributed by atoms with Crippen LogP contribution in [-0.2, 0) is 6.54 Å². The lowest BCUT2D eigenvalue weighted by Gasteiger charge is -2.06. The molecule has 9 nitrogen and oxygen atoms in total. The Kier molecular flexibility index (Phi) is 4.01. The minimum atomic E-state index is 0.104. The molecule has 3 rings (SSSR count). The first-order chi connectivity index (χ1) is 10.3. The zero-order valence-electron chi connectivity index (χ0n) is 11.0. The van der Waals surface area contributed by atoms with Gasteiger partial charge in [-0.05, 0) is 18.0 Å². The van der Waals surface area contributed by atoms with Gasteiger partial charge >= 0.3 is 0 Å². The van der Waals surface area contributed by atoms with Crippen molar-refractivity contribution in [2.45, 2.75) is 13.0 Å². The monoisotopic (exact) mass is 305 g/mol. The fourth-order valence-electron chi connectivity index (χ4n) is 1.71. The van der Waals surface area contributed by atoms with Gasteiger partial charge in [0.25, 0.3) is 5.95 Å². The minimum Gasteiger partial charge on any atom is -0.354 e. The lowest BCUT2D eigenvalue weighted by molar-refractivity contribution is 0.658. The summed E-state index contributed by atoms with van der Waals surface area (Å²) in [7, 11) is 0. The summed E-state index contributed by atoms with van der Waals surface area (Å²) in [6, 6.07) is 0. The highest BCUT2D eigenvalue weighted by molar-refractivity contribution is 6.28. The maximum atomic E-state index is 5.88. The van der Waals surface area contributed by atoms with Gasteiger partial charge in [-0.2, -0.15) is 24.7 Å². The van der Waals surface area contributed by atoms with E-state index in [1.807, 2.05) is 10.8 Å². The molecule has 21 heavy (non-hydrogen) atoms. The molecule has 0 fully saturated rings. The third-order valence-corrected chi connectivity index (χ3v) is 2.82. The van der Waals surface area contributed by atoms with E-state index >= 15 is 0 Å². The molecular formula is C11H12ClN9. The SMILES string of the molecule is Clc1nc(NCCCn2ccnc2)nc(-n2cncn2)n1. The summed E-state index contributed by atoms with van der Waals surface area (Å²) in [5.74, 6) is 0.732. The first-order valence-corrected chi connectivity index (χ1v) is 6.65. The predicted molar refractivity (Wildman–Crippen MR) is 75.1 cm³/mol. The van der Waals surface area contributed by atoms with Crippen LogP contribution in [0.5, 0.6) is 0 Å². The van der Waals surface area contributed by atoms with E-state index in [1.54, 1.807) is 12.5 Å². The molecule has 0 aliphatic carbocycles. The van der Waals surface area contributed by atoms with E-state index in [0.717, 1.165) is 13.0 Å². The van der Waals surface area contributed by atoms with Gasteiger partial charge in [-0.1, -0.05) is 0 Å². The van der Waals surface area contributed by atoms with Crippen LogP contribution in [-0.4, -0.2) is 45.8 Å². The molecule has 0 aromatic carbocycles. The molecule has 3 heterocycles. The largest absolute Gasteiger partial charge is 0.354 e. The number of anilines is 1. The molecule has 0 aliphatic rings. The van der Waals surface area contributed by atoms with Crippen LogP contribution in [0.1, 0.15) is 6.42 Å². The fourth-order valence-corrected chi connectivity index (χ4v) is 1.87. The van der Waals surface area contributed by atoms with Gasteiger partial charge in [-0.3, -0.25) is 0 Å². The average molecular weight is 306 g/mol. The van der Waals surface area contributed by atoms with Crippen LogP contribution in [0.15, 0.2) is 31.4 Å². The minimum absolute atomic E-state index is 0.104. The Morgan fingerprint density at radius 1 is 1.14 bits per heavy atom. The van der Waals surface area contributed by atoms with Crippen LogP contribution < -0.4 is 5.32 Å². The van der Waals surface area contributed by atoms with E-state index in [1.165, 1.54) is 17.3 Å². The molecule has 1 N–H and O–H groups in total. The Hall–Kier alpha value is -2.55. The van der Waals surface area contributed by atoms with Crippen LogP contribution in [0.2, 0.25) is 5.28 Å². The molecule has 0 spiro atoms. The number of hydrogen-bond donors (Lipinski definition) is 1. The summed E-state index contributed by atoms with van der Waals surface area (Å²) in [5.41, 5.74) is 0. The van der Waals surface area contributed by atoms with Crippen molar-refractivity contribution in [1.82, 2.24) is 39.3 Å². The van der Waals surface area contributed by atoms with Crippen LogP contribution in [0.25, 0.3) is 5.95 Å². The van der Waals surface area contributed by atoms with Crippen molar-refractivity contribution in [3.05, 3.63) is 36.7 Å². The van der Waals surface area contributed by atoms with Crippen LogP contribution in [0.4, 0.5) is 5.95 Å². The lowest BCUT2D eigenvalue weighted by Crippen LogP contribution is -2.11. The van der Waals surface area contributed by atoms with E-state index < -0.39 is 0 Å². The normalized spacial score (nSPS) is 10.7. The Bertz CT molecular complexity index is 680. The standard InChI is InChI=1S/C11H12ClN9/c12-9-17-10(15-2-1-4-20-5-3-13-7-20)19-11(18-9)21-8-14-6-16-21/h3,5-8H,1-2,4H2,(H,15,17,18,19).